The molecule has 3 aliphatic rings. The lowest BCUT2D eigenvalue weighted by Crippen LogP contribution is -2.72. The van der Waals surface area contributed by atoms with Gasteiger partial charge in [-0.3, -0.25) is 4.99 Å². The molecule has 3 rings (SSSR count). The van der Waals surface area contributed by atoms with Gasteiger partial charge in [-0.05, 0) is 31.6 Å². The van der Waals surface area contributed by atoms with Crippen LogP contribution < -0.4 is 10.6 Å². The Bertz CT molecular complexity index is 474. The first kappa shape index (κ1) is 21.2. The van der Waals surface area contributed by atoms with Gasteiger partial charge in [-0.15, -0.1) is 24.0 Å². The van der Waals surface area contributed by atoms with E-state index in [0.717, 1.165) is 19.1 Å². The highest BCUT2D eigenvalue weighted by molar-refractivity contribution is 14.0. The van der Waals surface area contributed by atoms with Crippen LogP contribution >= 0.6 is 24.0 Å². The van der Waals surface area contributed by atoms with Gasteiger partial charge >= 0.3 is 0 Å². The summed E-state index contributed by atoms with van der Waals surface area (Å²) in [5.41, 5.74) is 0.466. The molecule has 0 amide bonds. The summed E-state index contributed by atoms with van der Waals surface area (Å²) in [6, 6.07) is 0.521. The number of guanidine groups is 1. The van der Waals surface area contributed by atoms with Crippen molar-refractivity contribution in [1.82, 2.24) is 10.6 Å². The minimum absolute atomic E-state index is 0. The summed E-state index contributed by atoms with van der Waals surface area (Å²) in [6.07, 6.45) is 5.74. The van der Waals surface area contributed by atoms with Crippen LogP contribution in [0.3, 0.4) is 0 Å². The maximum absolute atomic E-state index is 6.02. The van der Waals surface area contributed by atoms with Gasteiger partial charge in [0.15, 0.2) is 5.96 Å². The minimum Gasteiger partial charge on any atom is -0.379 e. The van der Waals surface area contributed by atoms with Crippen LogP contribution in [0.15, 0.2) is 4.99 Å². The average molecular weight is 465 g/mol. The molecule has 0 aromatic carbocycles. The van der Waals surface area contributed by atoms with Gasteiger partial charge in [0.1, 0.15) is 0 Å². The van der Waals surface area contributed by atoms with Gasteiger partial charge in [-0.1, -0.05) is 27.2 Å². The minimum atomic E-state index is 0. The van der Waals surface area contributed by atoms with Crippen molar-refractivity contribution in [3.63, 3.8) is 0 Å². The zero-order valence-corrected chi connectivity index (χ0v) is 18.8. The molecule has 1 spiro atoms. The van der Waals surface area contributed by atoms with Gasteiger partial charge in [0.2, 0.25) is 0 Å². The predicted octanol–water partition coefficient (Wildman–Crippen LogP) is 3.18. The van der Waals surface area contributed by atoms with Crippen LogP contribution in [0.5, 0.6) is 0 Å². The average Bonchev–Trinajstić information content (AvgIpc) is 2.87. The smallest absolute Gasteiger partial charge is 0.191 e. The topological polar surface area (TPSA) is 54.9 Å². The molecule has 4 atom stereocenters. The summed E-state index contributed by atoms with van der Waals surface area (Å²) in [4.78, 5) is 4.84. The normalized spacial score (nSPS) is 31.4. The lowest BCUT2D eigenvalue weighted by molar-refractivity contribution is -0.171. The summed E-state index contributed by atoms with van der Waals surface area (Å²) < 4.78 is 11.7. The molecule has 0 bridgehead atoms. The third kappa shape index (κ3) is 3.95. The van der Waals surface area contributed by atoms with E-state index in [9.17, 15) is 0 Å². The molecule has 0 aromatic heterocycles. The van der Waals surface area contributed by atoms with Crippen molar-refractivity contribution in [2.45, 2.75) is 71.6 Å². The van der Waals surface area contributed by atoms with E-state index in [1.165, 1.54) is 25.7 Å². The SMILES string of the molecule is CCNC(=NCC(OC)C(C)(C)C)NC1C2CCOC2C12CCC2.I. The van der Waals surface area contributed by atoms with Crippen molar-refractivity contribution >= 4 is 29.9 Å². The van der Waals surface area contributed by atoms with E-state index in [1.54, 1.807) is 7.11 Å². The van der Waals surface area contributed by atoms with Crippen LogP contribution in [0.4, 0.5) is 0 Å². The zero-order chi connectivity index (χ0) is 17.4. The van der Waals surface area contributed by atoms with E-state index in [4.69, 9.17) is 14.5 Å². The van der Waals surface area contributed by atoms with Gasteiger partial charge in [0, 0.05) is 37.6 Å². The maximum atomic E-state index is 6.02. The standard InChI is InChI=1S/C19H35N3O2.HI/c1-6-20-17(21-12-14(23-5)18(2,3)4)22-15-13-8-11-24-16(13)19(15)9-7-10-19;/h13-16H,6-12H2,1-5H3,(H2,20,21,22);1H. The Morgan fingerprint density at radius 1 is 1.36 bits per heavy atom. The summed E-state index contributed by atoms with van der Waals surface area (Å²) in [6.45, 7) is 11.2. The van der Waals surface area contributed by atoms with E-state index in [1.807, 2.05) is 0 Å². The number of methoxy groups -OCH3 is 1. The number of nitrogens with one attached hydrogen (secondary N) is 2. The molecule has 2 aliphatic carbocycles. The van der Waals surface area contributed by atoms with Crippen molar-refractivity contribution in [2.24, 2.45) is 21.7 Å². The first-order valence-electron chi connectivity index (χ1n) is 9.61. The third-order valence-electron chi connectivity index (χ3n) is 6.34. The van der Waals surface area contributed by atoms with Gasteiger partial charge < -0.3 is 20.1 Å². The summed E-state index contributed by atoms with van der Waals surface area (Å²) in [5.74, 6) is 1.60. The Kier molecular flexibility index (Phi) is 7.04. The molecule has 2 N–H and O–H groups in total. The summed E-state index contributed by atoms with van der Waals surface area (Å²) in [7, 11) is 1.78. The van der Waals surface area contributed by atoms with Crippen molar-refractivity contribution in [2.75, 3.05) is 26.8 Å². The van der Waals surface area contributed by atoms with Gasteiger partial charge in [-0.2, -0.15) is 0 Å². The van der Waals surface area contributed by atoms with E-state index < -0.39 is 0 Å². The molecule has 1 saturated heterocycles. The maximum Gasteiger partial charge on any atom is 0.191 e. The largest absolute Gasteiger partial charge is 0.379 e. The summed E-state index contributed by atoms with van der Waals surface area (Å²) >= 11 is 0. The zero-order valence-electron chi connectivity index (χ0n) is 16.4. The van der Waals surface area contributed by atoms with Crippen LogP contribution in [0, 0.1) is 16.7 Å². The molecule has 5 nitrogen and oxygen atoms in total. The number of halogens is 1. The molecule has 4 unspecified atom stereocenters. The molecule has 1 heterocycles. The van der Waals surface area contributed by atoms with E-state index >= 15 is 0 Å². The fourth-order valence-corrected chi connectivity index (χ4v) is 4.80. The van der Waals surface area contributed by atoms with Gasteiger partial charge in [0.05, 0.1) is 18.8 Å². The molecule has 25 heavy (non-hydrogen) atoms. The first-order valence-corrected chi connectivity index (χ1v) is 9.61. The van der Waals surface area contributed by atoms with E-state index in [-0.39, 0.29) is 35.5 Å². The first-order chi connectivity index (χ1) is 11.4. The number of nitrogens with zero attached hydrogens (tertiary/aromatic N) is 1. The fraction of sp³-hybridized carbons (Fsp3) is 0.947. The highest BCUT2D eigenvalue weighted by Gasteiger charge is 2.66. The Balaban J connectivity index is 0.00000225. The van der Waals surface area contributed by atoms with Crippen molar-refractivity contribution in [1.29, 1.82) is 0 Å². The Labute approximate surface area is 170 Å². The predicted molar refractivity (Wildman–Crippen MR) is 113 cm³/mol. The van der Waals surface area contributed by atoms with E-state index in [0.29, 0.717) is 30.0 Å². The highest BCUT2D eigenvalue weighted by atomic mass is 127. The Hall–Kier alpha value is -0.0800. The number of fused-ring (bicyclic) bond motifs is 2. The lowest BCUT2D eigenvalue weighted by Gasteiger charge is -2.63. The Morgan fingerprint density at radius 2 is 2.08 bits per heavy atom. The summed E-state index contributed by atoms with van der Waals surface area (Å²) in [5, 5.41) is 7.17. The van der Waals surface area contributed by atoms with Crippen LogP contribution in [0.25, 0.3) is 0 Å². The molecule has 3 fully saturated rings. The number of rotatable bonds is 5. The van der Waals surface area contributed by atoms with Gasteiger partial charge in [-0.25, -0.2) is 0 Å². The van der Waals surface area contributed by atoms with Crippen LogP contribution in [-0.4, -0.2) is 51.0 Å². The van der Waals surface area contributed by atoms with Crippen molar-refractivity contribution in [3.05, 3.63) is 0 Å². The quantitative estimate of drug-likeness (QED) is 0.372. The molecule has 2 saturated carbocycles. The van der Waals surface area contributed by atoms with Gasteiger partial charge in [0.25, 0.3) is 0 Å². The lowest BCUT2D eigenvalue weighted by atomic mass is 9.46. The number of aliphatic imine (C=N–C) groups is 1. The van der Waals surface area contributed by atoms with Crippen molar-refractivity contribution < 1.29 is 9.47 Å². The van der Waals surface area contributed by atoms with Crippen LogP contribution in [0.2, 0.25) is 0 Å². The van der Waals surface area contributed by atoms with Crippen molar-refractivity contribution in [3.8, 4) is 0 Å². The molecule has 0 aromatic rings. The third-order valence-corrected chi connectivity index (χ3v) is 6.34. The highest BCUT2D eigenvalue weighted by Crippen LogP contribution is 2.62. The second kappa shape index (κ2) is 8.30. The molecule has 0 radical (unpaired) electrons. The van der Waals surface area contributed by atoms with E-state index in [2.05, 4.69) is 38.3 Å². The second-order valence-corrected chi connectivity index (χ2v) is 8.76. The Morgan fingerprint density at radius 3 is 2.60 bits per heavy atom. The molecule has 1 aliphatic heterocycles. The van der Waals surface area contributed by atoms with Crippen LogP contribution in [-0.2, 0) is 9.47 Å². The van der Waals surface area contributed by atoms with Crippen LogP contribution in [0.1, 0.15) is 53.4 Å². The monoisotopic (exact) mass is 465 g/mol. The molecular weight excluding hydrogens is 429 g/mol. The number of ether oxygens (including phenoxy) is 2. The second-order valence-electron chi connectivity index (χ2n) is 8.76. The molecule has 146 valence electrons. The molecule has 6 heteroatoms. The fourth-order valence-electron chi connectivity index (χ4n) is 4.80. The number of hydrogen-bond donors (Lipinski definition) is 2. The molecular formula is C19H36IN3O2. The number of hydrogen-bond acceptors (Lipinski definition) is 3.